The molecule has 2 aliphatic rings. The van der Waals surface area contributed by atoms with E-state index in [1.165, 1.54) is 5.56 Å². The van der Waals surface area contributed by atoms with E-state index in [0.717, 1.165) is 45.2 Å². The number of anilines is 1. The average molecular weight is 548 g/mol. The number of amides is 2. The highest BCUT2D eigenvalue weighted by Gasteiger charge is 2.38. The fourth-order valence-corrected chi connectivity index (χ4v) is 5.48. The molecule has 1 aliphatic heterocycles. The van der Waals surface area contributed by atoms with Crippen molar-refractivity contribution >= 4 is 23.3 Å². The molecule has 11 heteroatoms. The SMILES string of the molecule is O=C(Nc1cc(C(F)(F)F)cc(C(F)(F)F)c1)N[C@@H]1CCC[C@H]1N1CCC(Cc2ccc(Cl)cc2)CC1. The number of carbonyl (C=O) groups excluding carboxylic acids is 1. The Balaban J connectivity index is 1.34. The zero-order chi connectivity index (χ0) is 26.8. The molecule has 2 amide bonds. The Labute approximate surface area is 216 Å². The second-order valence-corrected chi connectivity index (χ2v) is 10.2. The summed E-state index contributed by atoms with van der Waals surface area (Å²) in [5, 5.41) is 5.66. The molecule has 2 aromatic rings. The minimum absolute atomic E-state index is 0.0344. The molecule has 37 heavy (non-hydrogen) atoms. The summed E-state index contributed by atoms with van der Waals surface area (Å²) in [6.45, 7) is 1.73. The number of alkyl halides is 6. The van der Waals surface area contributed by atoms with Crippen molar-refractivity contribution < 1.29 is 31.1 Å². The molecule has 202 valence electrons. The molecule has 0 unspecified atom stereocenters. The van der Waals surface area contributed by atoms with Crippen molar-refractivity contribution in [3.63, 3.8) is 0 Å². The Morgan fingerprint density at radius 3 is 2.05 bits per heavy atom. The number of nitrogens with zero attached hydrogens (tertiary/aromatic N) is 1. The van der Waals surface area contributed by atoms with Crippen molar-refractivity contribution in [3.05, 3.63) is 64.2 Å². The number of hydrogen-bond acceptors (Lipinski definition) is 2. The summed E-state index contributed by atoms with van der Waals surface area (Å²) in [6, 6.07) is 7.91. The fraction of sp³-hybridized carbons (Fsp3) is 0.500. The molecule has 1 aliphatic carbocycles. The minimum Gasteiger partial charge on any atom is -0.334 e. The molecule has 1 saturated carbocycles. The van der Waals surface area contributed by atoms with E-state index in [-0.39, 0.29) is 18.2 Å². The highest BCUT2D eigenvalue weighted by molar-refractivity contribution is 6.30. The van der Waals surface area contributed by atoms with Gasteiger partial charge in [0.1, 0.15) is 0 Å². The lowest BCUT2D eigenvalue weighted by Gasteiger charge is -2.38. The van der Waals surface area contributed by atoms with Crippen LogP contribution in [0.3, 0.4) is 0 Å². The molecule has 4 nitrogen and oxygen atoms in total. The summed E-state index contributed by atoms with van der Waals surface area (Å²) >= 11 is 5.96. The summed E-state index contributed by atoms with van der Waals surface area (Å²) < 4.78 is 78.7. The van der Waals surface area contributed by atoms with Gasteiger partial charge >= 0.3 is 18.4 Å². The number of likely N-dealkylation sites (tertiary alicyclic amines) is 1. The van der Waals surface area contributed by atoms with Gasteiger partial charge in [0, 0.05) is 22.8 Å². The highest BCUT2D eigenvalue weighted by atomic mass is 35.5. The molecule has 4 rings (SSSR count). The Kier molecular flexibility index (Phi) is 8.28. The standard InChI is InChI=1S/C26H28ClF6N3O/c27-20-6-4-16(5-7-20)12-17-8-10-36(11-9-17)23-3-1-2-22(23)35-24(37)34-21-14-18(25(28,29)30)13-19(15-21)26(31,32)33/h4-7,13-15,17,22-23H,1-3,8-12H2,(H2,34,35,37)/t22-,23-/m1/s1. The van der Waals surface area contributed by atoms with Gasteiger partial charge in [-0.25, -0.2) is 4.79 Å². The first-order chi connectivity index (χ1) is 17.4. The maximum absolute atomic E-state index is 13.1. The second kappa shape index (κ2) is 11.1. The smallest absolute Gasteiger partial charge is 0.334 e. The van der Waals surface area contributed by atoms with Crippen LogP contribution in [0, 0.1) is 5.92 Å². The predicted molar refractivity (Wildman–Crippen MR) is 129 cm³/mol. The maximum Gasteiger partial charge on any atom is 0.416 e. The van der Waals surface area contributed by atoms with Crippen LogP contribution >= 0.6 is 11.6 Å². The Morgan fingerprint density at radius 2 is 1.49 bits per heavy atom. The number of halogens is 7. The van der Waals surface area contributed by atoms with E-state index in [2.05, 4.69) is 15.5 Å². The lowest BCUT2D eigenvalue weighted by Crippen LogP contribution is -2.52. The summed E-state index contributed by atoms with van der Waals surface area (Å²) in [5.41, 5.74) is -2.27. The molecule has 0 radical (unpaired) electrons. The van der Waals surface area contributed by atoms with Gasteiger partial charge in [-0.2, -0.15) is 26.3 Å². The summed E-state index contributed by atoms with van der Waals surface area (Å²) in [7, 11) is 0. The largest absolute Gasteiger partial charge is 0.416 e. The normalized spacial score (nSPS) is 21.7. The van der Waals surface area contributed by atoms with Crippen LogP contribution in [0.4, 0.5) is 36.8 Å². The summed E-state index contributed by atoms with van der Waals surface area (Å²) in [5.74, 6) is 0.539. The van der Waals surface area contributed by atoms with Crippen molar-refractivity contribution in [2.75, 3.05) is 18.4 Å². The maximum atomic E-state index is 13.1. The molecule has 2 atom stereocenters. The quantitative estimate of drug-likeness (QED) is 0.384. The number of rotatable bonds is 5. The number of urea groups is 1. The van der Waals surface area contributed by atoms with Crippen LogP contribution in [0.2, 0.25) is 5.02 Å². The van der Waals surface area contributed by atoms with Gasteiger partial charge in [-0.3, -0.25) is 4.90 Å². The summed E-state index contributed by atoms with van der Waals surface area (Å²) in [4.78, 5) is 14.9. The third kappa shape index (κ3) is 7.31. The molecule has 2 fully saturated rings. The van der Waals surface area contributed by atoms with E-state index in [9.17, 15) is 31.1 Å². The predicted octanol–water partition coefficient (Wildman–Crippen LogP) is 7.37. The van der Waals surface area contributed by atoms with E-state index in [4.69, 9.17) is 11.6 Å². The van der Waals surface area contributed by atoms with Crippen LogP contribution in [0.25, 0.3) is 0 Å². The number of benzene rings is 2. The Bertz CT molecular complexity index is 1050. The van der Waals surface area contributed by atoms with Crippen LogP contribution < -0.4 is 10.6 Å². The van der Waals surface area contributed by atoms with Gasteiger partial charge in [-0.15, -0.1) is 0 Å². The van der Waals surface area contributed by atoms with Gasteiger partial charge in [0.2, 0.25) is 0 Å². The van der Waals surface area contributed by atoms with Crippen molar-refractivity contribution in [1.29, 1.82) is 0 Å². The van der Waals surface area contributed by atoms with Gasteiger partial charge in [-0.1, -0.05) is 23.7 Å². The second-order valence-electron chi connectivity index (χ2n) is 9.81. The Morgan fingerprint density at radius 1 is 0.892 bits per heavy atom. The van der Waals surface area contributed by atoms with Gasteiger partial charge in [0.05, 0.1) is 11.1 Å². The topological polar surface area (TPSA) is 44.4 Å². The van der Waals surface area contributed by atoms with Gasteiger partial charge < -0.3 is 10.6 Å². The average Bonchev–Trinajstić information content (AvgIpc) is 3.27. The zero-order valence-corrected chi connectivity index (χ0v) is 20.7. The molecule has 2 aromatic carbocycles. The van der Waals surface area contributed by atoms with Crippen LogP contribution in [0.1, 0.15) is 48.8 Å². The van der Waals surface area contributed by atoms with Crippen molar-refractivity contribution in [3.8, 4) is 0 Å². The molecule has 0 spiro atoms. The minimum atomic E-state index is -4.98. The highest BCUT2D eigenvalue weighted by Crippen LogP contribution is 2.37. The van der Waals surface area contributed by atoms with Crippen molar-refractivity contribution in [2.45, 2.75) is 63.0 Å². The lowest BCUT2D eigenvalue weighted by atomic mass is 9.89. The molecular weight excluding hydrogens is 520 g/mol. The summed E-state index contributed by atoms with van der Waals surface area (Å²) in [6.07, 6.45) is -4.55. The van der Waals surface area contributed by atoms with E-state index in [1.54, 1.807) is 0 Å². The number of carbonyl (C=O) groups is 1. The van der Waals surface area contributed by atoms with Gasteiger partial charge in [-0.05, 0) is 93.4 Å². The third-order valence-corrected chi connectivity index (χ3v) is 7.45. The number of hydrogen-bond donors (Lipinski definition) is 2. The molecule has 1 saturated heterocycles. The third-order valence-electron chi connectivity index (χ3n) is 7.20. The van der Waals surface area contributed by atoms with E-state index in [1.807, 2.05) is 24.3 Å². The first-order valence-corrected chi connectivity index (χ1v) is 12.6. The molecule has 1 heterocycles. The zero-order valence-electron chi connectivity index (χ0n) is 19.9. The van der Waals surface area contributed by atoms with Crippen LogP contribution in [0.5, 0.6) is 0 Å². The first-order valence-electron chi connectivity index (χ1n) is 12.2. The number of nitrogens with one attached hydrogen (secondary N) is 2. The van der Waals surface area contributed by atoms with Crippen LogP contribution in [-0.4, -0.2) is 36.1 Å². The molecule has 0 aromatic heterocycles. The van der Waals surface area contributed by atoms with E-state index in [0.29, 0.717) is 29.5 Å². The molecular formula is C26H28ClF6N3O. The molecule has 0 bridgehead atoms. The number of piperidine rings is 1. The van der Waals surface area contributed by atoms with Crippen molar-refractivity contribution in [1.82, 2.24) is 10.2 Å². The van der Waals surface area contributed by atoms with Gasteiger partial charge in [0.25, 0.3) is 0 Å². The van der Waals surface area contributed by atoms with E-state index < -0.39 is 35.2 Å². The fourth-order valence-electron chi connectivity index (χ4n) is 5.35. The van der Waals surface area contributed by atoms with Gasteiger partial charge in [0.15, 0.2) is 0 Å². The van der Waals surface area contributed by atoms with Crippen molar-refractivity contribution in [2.24, 2.45) is 5.92 Å². The van der Waals surface area contributed by atoms with Crippen LogP contribution in [-0.2, 0) is 18.8 Å². The lowest BCUT2D eigenvalue weighted by molar-refractivity contribution is -0.143. The Hall–Kier alpha value is -2.46. The first kappa shape index (κ1) is 27.6. The van der Waals surface area contributed by atoms with E-state index >= 15 is 0 Å². The molecule has 2 N–H and O–H groups in total. The monoisotopic (exact) mass is 547 g/mol. The van der Waals surface area contributed by atoms with Crippen LogP contribution in [0.15, 0.2) is 42.5 Å².